The molecule has 0 aliphatic heterocycles. The Bertz CT molecular complexity index is 1620. The van der Waals surface area contributed by atoms with E-state index in [4.69, 9.17) is 0 Å². The maximum Gasteiger partial charge on any atom is 0.460 e. The maximum atomic E-state index is 13.9. The van der Waals surface area contributed by atoms with Gasteiger partial charge in [-0.05, 0) is 0 Å². The second-order valence-corrected chi connectivity index (χ2v) is 13.1. The molecule has 0 aromatic carbocycles. The molecule has 0 saturated heterocycles. The molecule has 0 N–H and O–H groups in total. The third-order valence-corrected chi connectivity index (χ3v) is 8.62. The van der Waals surface area contributed by atoms with E-state index in [0.717, 1.165) is 8.37 Å². The largest absolute Gasteiger partial charge is 0.460 e. The number of hydrogen-bond donors (Lipinski definition) is 0. The van der Waals surface area contributed by atoms with E-state index in [1.807, 2.05) is 0 Å². The van der Waals surface area contributed by atoms with E-state index in [1.54, 1.807) is 0 Å². The summed E-state index contributed by atoms with van der Waals surface area (Å²) in [7, 11) is -19.6. The first-order valence-electron chi connectivity index (χ1n) is 11.5. The van der Waals surface area contributed by atoms with Gasteiger partial charge < -0.3 is 0 Å². The summed E-state index contributed by atoms with van der Waals surface area (Å²) in [5, 5.41) is -17.9. The van der Waals surface area contributed by atoms with Gasteiger partial charge in [0.25, 0.3) is 0 Å². The molecule has 350 valence electrons. The minimum Gasteiger partial charge on any atom is -0.192 e. The molecule has 6 nitrogen and oxygen atoms in total. The lowest BCUT2D eigenvalue weighted by Crippen LogP contribution is -2.75. The topological polar surface area (TPSA) is 86.7 Å². The SMILES string of the molecule is O=S(=O)(OC(F)(F)C(F)(F)C(F)(F)C(F)(F)C(F)(F)C(F)(F)C(F)(F)C(F)(F)OS(=O)(=O)C(F)(F)C(F)(F)C(F)(F)C(F)(F)F)C(F)(F)C(F)(F)C(F)(F)C(F)(F)F. The third-order valence-electron chi connectivity index (χ3n) is 5.99. The van der Waals surface area contributed by atoms with E-state index >= 15 is 0 Å². The van der Waals surface area contributed by atoms with E-state index in [-0.39, 0.29) is 0 Å². The van der Waals surface area contributed by atoms with Gasteiger partial charge in [-0.3, -0.25) is 0 Å². The van der Waals surface area contributed by atoms with Crippen LogP contribution in [-0.2, 0) is 28.6 Å². The Labute approximate surface area is 290 Å². The molecule has 58 heavy (non-hydrogen) atoms. The zero-order valence-corrected chi connectivity index (χ0v) is 25.7. The van der Waals surface area contributed by atoms with Crippen LogP contribution in [0.3, 0.4) is 0 Å². The van der Waals surface area contributed by atoms with Gasteiger partial charge in [0.2, 0.25) is 0 Å². The minimum atomic E-state index is -10.1. The zero-order valence-electron chi connectivity index (χ0n) is 24.1. The summed E-state index contributed by atoms with van der Waals surface area (Å²) >= 11 is 0. The summed E-state index contributed by atoms with van der Waals surface area (Å²) in [6, 6.07) is 0. The second kappa shape index (κ2) is 13.5. The molecule has 0 radical (unpaired) electrons. The normalized spacial score (nSPS) is 17.2. The average molecular weight is 998 g/mol. The molecule has 0 saturated carbocycles. The van der Waals surface area contributed by atoms with Crippen molar-refractivity contribution in [1.29, 1.82) is 0 Å². The molecular weight excluding hydrogens is 998 g/mol. The molecule has 0 amide bonds. The van der Waals surface area contributed by atoms with Crippen molar-refractivity contribution in [3.8, 4) is 0 Å². The van der Waals surface area contributed by atoms with E-state index < -0.39 is 115 Å². The van der Waals surface area contributed by atoms with Gasteiger partial charge in [0.15, 0.2) is 0 Å². The molecular formula is C16F34O6S2. The fourth-order valence-electron chi connectivity index (χ4n) is 2.67. The molecule has 0 atom stereocenters. The number of halogens is 34. The van der Waals surface area contributed by atoms with Crippen LogP contribution in [0.2, 0.25) is 0 Å². The van der Waals surface area contributed by atoms with E-state index in [1.165, 1.54) is 0 Å². The van der Waals surface area contributed by atoms with Crippen LogP contribution in [0, 0.1) is 0 Å². The lowest BCUT2D eigenvalue weighted by molar-refractivity contribution is -0.474. The molecule has 0 rings (SSSR count). The summed E-state index contributed by atoms with van der Waals surface area (Å²) in [5.41, 5.74) is 0. The van der Waals surface area contributed by atoms with Crippen LogP contribution in [0.25, 0.3) is 0 Å². The van der Waals surface area contributed by atoms with Gasteiger partial charge in [0.05, 0.1) is 0 Å². The van der Waals surface area contributed by atoms with Crippen LogP contribution < -0.4 is 0 Å². The molecule has 0 spiro atoms. The number of hydrogen-bond acceptors (Lipinski definition) is 6. The Balaban J connectivity index is 7.45. The first-order valence-corrected chi connectivity index (χ1v) is 14.3. The maximum absolute atomic E-state index is 13.9. The molecule has 0 fully saturated rings. The first kappa shape index (κ1) is 55.4. The summed E-state index contributed by atoms with van der Waals surface area (Å²) in [6.45, 7) is 0. The predicted molar refractivity (Wildman–Crippen MR) is 101 cm³/mol. The van der Waals surface area contributed by atoms with Crippen molar-refractivity contribution in [2.24, 2.45) is 0 Å². The van der Waals surface area contributed by atoms with Crippen LogP contribution in [0.15, 0.2) is 0 Å². The molecule has 0 bridgehead atoms. The Hall–Kier alpha value is -2.56. The number of rotatable bonds is 17. The van der Waals surface area contributed by atoms with Crippen molar-refractivity contribution in [3.05, 3.63) is 0 Å². The van der Waals surface area contributed by atoms with Crippen LogP contribution in [0.5, 0.6) is 0 Å². The summed E-state index contributed by atoms with van der Waals surface area (Å²) in [4.78, 5) is 0. The quantitative estimate of drug-likeness (QED) is 0.107. The van der Waals surface area contributed by atoms with Crippen LogP contribution >= 0.6 is 0 Å². The smallest absolute Gasteiger partial charge is 0.192 e. The standard InChI is InChI=1S/C16F34O6S2/c17-1(18,3(21,22)7(29,30)13(43,44)55-57(51,52)15(47,48)9(33,34)5(25,26)11(37,38)39)2(19,20)4(23,24)8(31,32)14(45,46)56-58(53,54)16(49,50)10(35,36)6(27,28)12(40,41)42. The highest BCUT2D eigenvalue weighted by Gasteiger charge is 2.97. The first-order chi connectivity index (χ1) is 24.2. The lowest BCUT2D eigenvalue weighted by Gasteiger charge is -2.43. The van der Waals surface area contributed by atoms with Gasteiger partial charge in [0, 0.05) is 0 Å². The Morgan fingerprint density at radius 1 is 0.224 bits per heavy atom. The molecule has 0 aliphatic rings. The molecule has 0 aromatic rings. The van der Waals surface area contributed by atoms with Crippen molar-refractivity contribution < 1.29 is 174 Å². The zero-order chi connectivity index (χ0) is 48.4. The Kier molecular flexibility index (Phi) is 12.9. The average Bonchev–Trinajstić information content (AvgIpc) is 2.93. The fraction of sp³-hybridized carbons (Fsp3) is 1.00. The van der Waals surface area contributed by atoms with Crippen LogP contribution in [-0.4, -0.2) is 111 Å². The minimum absolute atomic E-state index is 0.811. The highest BCUT2D eigenvalue weighted by molar-refractivity contribution is 7.88. The van der Waals surface area contributed by atoms with Crippen molar-refractivity contribution in [3.63, 3.8) is 0 Å². The molecule has 42 heteroatoms. The van der Waals surface area contributed by atoms with Crippen molar-refractivity contribution in [2.75, 3.05) is 0 Å². The highest BCUT2D eigenvalue weighted by atomic mass is 32.2. The lowest BCUT2D eigenvalue weighted by atomic mass is 9.90. The van der Waals surface area contributed by atoms with E-state index in [9.17, 15) is 166 Å². The van der Waals surface area contributed by atoms with Gasteiger partial charge in [-0.15, -0.1) is 0 Å². The number of alkyl halides is 34. The third kappa shape index (κ3) is 7.04. The summed E-state index contributed by atoms with van der Waals surface area (Å²) in [6.07, 6.45) is -34.9. The molecule has 0 aromatic heterocycles. The molecule has 0 unspecified atom stereocenters. The van der Waals surface area contributed by atoms with Crippen LogP contribution in [0.1, 0.15) is 0 Å². The van der Waals surface area contributed by atoms with Gasteiger partial charge >= 0.3 is 115 Å². The summed E-state index contributed by atoms with van der Waals surface area (Å²) < 4.78 is 496. The van der Waals surface area contributed by atoms with Crippen molar-refractivity contribution in [2.45, 2.75) is 94.3 Å². The molecule has 0 aliphatic carbocycles. The highest BCUT2D eigenvalue weighted by Crippen LogP contribution is 2.65. The van der Waals surface area contributed by atoms with Crippen molar-refractivity contribution in [1.82, 2.24) is 0 Å². The summed E-state index contributed by atoms with van der Waals surface area (Å²) in [5.74, 6) is -94.5. The van der Waals surface area contributed by atoms with Crippen molar-refractivity contribution >= 4 is 20.2 Å². The van der Waals surface area contributed by atoms with Gasteiger partial charge in [-0.2, -0.15) is 174 Å². The Morgan fingerprint density at radius 2 is 0.379 bits per heavy atom. The second-order valence-electron chi connectivity index (χ2n) is 9.88. The monoisotopic (exact) mass is 998 g/mol. The van der Waals surface area contributed by atoms with Gasteiger partial charge in [-0.1, -0.05) is 0 Å². The van der Waals surface area contributed by atoms with E-state index in [0.29, 0.717) is 0 Å². The van der Waals surface area contributed by atoms with Gasteiger partial charge in [-0.25, -0.2) is 0 Å². The van der Waals surface area contributed by atoms with Crippen LogP contribution in [0.4, 0.5) is 149 Å². The predicted octanol–water partition coefficient (Wildman–Crippen LogP) is 9.53. The van der Waals surface area contributed by atoms with Gasteiger partial charge in [0.1, 0.15) is 0 Å². The van der Waals surface area contributed by atoms with E-state index in [2.05, 4.69) is 0 Å². The Morgan fingerprint density at radius 3 is 0.534 bits per heavy atom. The fourth-order valence-corrected chi connectivity index (χ4v) is 4.53. The molecule has 0 heterocycles.